The van der Waals surface area contributed by atoms with Gasteiger partial charge in [0.1, 0.15) is 18.4 Å². The maximum absolute atomic E-state index is 12.2. The van der Waals surface area contributed by atoms with Crippen molar-refractivity contribution in [1.29, 1.82) is 0 Å². The molecule has 0 bridgehead atoms. The Bertz CT molecular complexity index is 952. The molecule has 0 radical (unpaired) electrons. The van der Waals surface area contributed by atoms with Crippen molar-refractivity contribution in [2.45, 2.75) is 59.9 Å². The zero-order valence-corrected chi connectivity index (χ0v) is 25.4. The minimum atomic E-state index is -0.831. The molecule has 0 saturated heterocycles. The van der Waals surface area contributed by atoms with Crippen LogP contribution in [0.2, 0.25) is 5.02 Å². The van der Waals surface area contributed by atoms with Gasteiger partial charge in [-0.3, -0.25) is 14.4 Å². The SMILES string of the molecule is CC.CCC.Cc1ccc(Cl)cc1.NCC1NC(=O)CNC(=O)CNCCOc2ccccc2CCCNC1=O. The van der Waals surface area contributed by atoms with Gasteiger partial charge in [-0.15, -0.1) is 0 Å². The fourth-order valence-electron chi connectivity index (χ4n) is 3.15. The molecule has 2 aromatic rings. The van der Waals surface area contributed by atoms with E-state index in [-0.39, 0.29) is 31.4 Å². The molecule has 3 amide bonds. The summed E-state index contributed by atoms with van der Waals surface area (Å²) in [6.45, 7) is 11.5. The molecule has 1 heterocycles. The highest BCUT2D eigenvalue weighted by molar-refractivity contribution is 6.30. The first kappa shape index (κ1) is 36.9. The zero-order valence-electron chi connectivity index (χ0n) is 24.6. The largest absolute Gasteiger partial charge is 0.492 e. The minimum Gasteiger partial charge on any atom is -0.492 e. The molecule has 6 N–H and O–H groups in total. The molecule has 40 heavy (non-hydrogen) atoms. The lowest BCUT2D eigenvalue weighted by molar-refractivity contribution is -0.129. The lowest BCUT2D eigenvalue weighted by Gasteiger charge is -2.17. The Kier molecular flexibility index (Phi) is 21.9. The van der Waals surface area contributed by atoms with Crippen LogP contribution in [0.5, 0.6) is 5.75 Å². The second kappa shape index (κ2) is 23.7. The number of carbonyl (C=O) groups excluding carboxylic acids is 3. The number of hydrogen-bond donors (Lipinski definition) is 5. The summed E-state index contributed by atoms with van der Waals surface area (Å²) in [5, 5.41) is 11.5. The average Bonchev–Trinajstić information content (AvgIpc) is 2.96. The van der Waals surface area contributed by atoms with E-state index in [1.165, 1.54) is 12.0 Å². The molecular weight excluding hydrogens is 530 g/mol. The number of ether oxygens (including phenoxy) is 1. The third kappa shape index (κ3) is 17.4. The first-order chi connectivity index (χ1) is 19.3. The highest BCUT2D eigenvalue weighted by atomic mass is 35.5. The van der Waals surface area contributed by atoms with Gasteiger partial charge in [-0.25, -0.2) is 0 Å². The molecule has 10 heteroatoms. The standard InChI is InChI=1S/C18H27N5O4.C7H7Cl.C3H8.C2H6/c19-10-14-18(26)21-7-3-5-13-4-1-2-6-15(13)27-9-8-20-11-16(24)22-12-17(25)23-14;1-6-2-4-7(8)5-3-6;1-3-2;1-2/h1-2,4,6,14,20H,3,5,7-12,19H2,(H,21,26)(H,22,24)(H,23,25);2-5H,1H3;3H2,1-2H3;1-2H3. The summed E-state index contributed by atoms with van der Waals surface area (Å²) in [5.74, 6) is -0.333. The van der Waals surface area contributed by atoms with E-state index < -0.39 is 11.9 Å². The van der Waals surface area contributed by atoms with Crippen molar-refractivity contribution < 1.29 is 19.1 Å². The van der Waals surface area contributed by atoms with Gasteiger partial charge in [-0.1, -0.05) is 81.6 Å². The maximum atomic E-state index is 12.2. The Morgan fingerprint density at radius 2 is 1.57 bits per heavy atom. The molecule has 0 fully saturated rings. The van der Waals surface area contributed by atoms with Crippen LogP contribution >= 0.6 is 11.6 Å². The van der Waals surface area contributed by atoms with Crippen LogP contribution in [0.1, 0.15) is 51.7 Å². The third-order valence-electron chi connectivity index (χ3n) is 5.06. The molecular formula is C30H48ClN5O4. The lowest BCUT2D eigenvalue weighted by atomic mass is 10.1. The van der Waals surface area contributed by atoms with E-state index in [1.807, 2.05) is 69.3 Å². The number of nitrogens with one attached hydrogen (secondary N) is 4. The number of rotatable bonds is 1. The number of halogens is 1. The van der Waals surface area contributed by atoms with E-state index in [0.717, 1.165) is 29.2 Å². The van der Waals surface area contributed by atoms with E-state index in [0.29, 0.717) is 19.7 Å². The molecule has 0 aromatic heterocycles. The van der Waals surface area contributed by atoms with Crippen molar-refractivity contribution in [3.63, 3.8) is 0 Å². The summed E-state index contributed by atoms with van der Waals surface area (Å²) in [6.07, 6.45) is 2.72. The number of nitrogens with two attached hydrogens (primary N) is 1. The molecule has 0 aliphatic carbocycles. The smallest absolute Gasteiger partial charge is 0.243 e. The summed E-state index contributed by atoms with van der Waals surface area (Å²) in [4.78, 5) is 35.8. The van der Waals surface area contributed by atoms with Crippen LogP contribution in [-0.2, 0) is 20.8 Å². The van der Waals surface area contributed by atoms with Gasteiger partial charge in [-0.05, 0) is 43.5 Å². The van der Waals surface area contributed by atoms with Crippen LogP contribution in [0.25, 0.3) is 0 Å². The monoisotopic (exact) mass is 577 g/mol. The molecule has 9 nitrogen and oxygen atoms in total. The van der Waals surface area contributed by atoms with Crippen molar-refractivity contribution >= 4 is 29.3 Å². The zero-order chi connectivity index (χ0) is 30.2. The van der Waals surface area contributed by atoms with Crippen LogP contribution in [0.15, 0.2) is 48.5 Å². The average molecular weight is 578 g/mol. The summed E-state index contributed by atoms with van der Waals surface area (Å²) in [5.41, 5.74) is 7.87. The van der Waals surface area contributed by atoms with Gasteiger partial charge in [0.2, 0.25) is 17.7 Å². The van der Waals surface area contributed by atoms with Crippen molar-refractivity contribution in [3.05, 3.63) is 64.7 Å². The Labute approximate surface area is 245 Å². The molecule has 1 atom stereocenters. The summed E-state index contributed by atoms with van der Waals surface area (Å²) in [6, 6.07) is 14.6. The predicted octanol–water partition coefficient (Wildman–Crippen LogP) is 3.37. The second-order valence-electron chi connectivity index (χ2n) is 8.66. The van der Waals surface area contributed by atoms with E-state index in [2.05, 4.69) is 35.1 Å². The van der Waals surface area contributed by atoms with Gasteiger partial charge in [0.25, 0.3) is 0 Å². The molecule has 0 spiro atoms. The van der Waals surface area contributed by atoms with Gasteiger partial charge in [0, 0.05) is 24.7 Å². The minimum absolute atomic E-state index is 0.0241. The van der Waals surface area contributed by atoms with Crippen molar-refractivity contribution in [2.24, 2.45) is 5.73 Å². The maximum Gasteiger partial charge on any atom is 0.243 e. The molecule has 3 rings (SSSR count). The molecule has 1 unspecified atom stereocenters. The summed E-state index contributed by atoms with van der Waals surface area (Å²) < 4.78 is 5.78. The molecule has 224 valence electrons. The number of para-hydroxylation sites is 1. The fraction of sp³-hybridized carbons (Fsp3) is 0.500. The Morgan fingerprint density at radius 3 is 2.20 bits per heavy atom. The number of hydrogen-bond acceptors (Lipinski definition) is 6. The van der Waals surface area contributed by atoms with Gasteiger partial charge in [0.15, 0.2) is 0 Å². The number of aryl methyl sites for hydroxylation is 2. The first-order valence-electron chi connectivity index (χ1n) is 14.0. The highest BCUT2D eigenvalue weighted by Crippen LogP contribution is 2.19. The van der Waals surface area contributed by atoms with Crippen molar-refractivity contribution in [2.75, 3.05) is 39.3 Å². The van der Waals surface area contributed by atoms with Crippen LogP contribution in [-0.4, -0.2) is 63.1 Å². The quantitative estimate of drug-likeness (QED) is 0.353. The molecule has 2 aromatic carbocycles. The Balaban J connectivity index is 0.000000969. The topological polar surface area (TPSA) is 135 Å². The number of fused-ring (bicyclic) bond motifs is 1. The van der Waals surface area contributed by atoms with Crippen LogP contribution < -0.4 is 31.7 Å². The van der Waals surface area contributed by atoms with Crippen LogP contribution in [0.3, 0.4) is 0 Å². The van der Waals surface area contributed by atoms with Gasteiger partial charge in [0.05, 0.1) is 13.1 Å². The Morgan fingerprint density at radius 1 is 0.925 bits per heavy atom. The van der Waals surface area contributed by atoms with Crippen molar-refractivity contribution in [1.82, 2.24) is 21.3 Å². The summed E-state index contributed by atoms with van der Waals surface area (Å²) in [7, 11) is 0. The molecule has 1 aliphatic heterocycles. The third-order valence-corrected chi connectivity index (χ3v) is 5.31. The van der Waals surface area contributed by atoms with E-state index in [9.17, 15) is 14.4 Å². The normalized spacial score (nSPS) is 16.5. The van der Waals surface area contributed by atoms with Crippen LogP contribution in [0, 0.1) is 6.92 Å². The Hall–Kier alpha value is -3.14. The van der Waals surface area contributed by atoms with Crippen LogP contribution in [0.4, 0.5) is 0 Å². The highest BCUT2D eigenvalue weighted by Gasteiger charge is 2.19. The lowest BCUT2D eigenvalue weighted by Crippen LogP contribution is -2.53. The summed E-state index contributed by atoms with van der Waals surface area (Å²) >= 11 is 5.61. The fourth-order valence-corrected chi connectivity index (χ4v) is 3.28. The molecule has 1 aliphatic rings. The number of carbonyl (C=O) groups is 3. The molecule has 0 saturated carbocycles. The van der Waals surface area contributed by atoms with E-state index >= 15 is 0 Å². The van der Waals surface area contributed by atoms with E-state index in [4.69, 9.17) is 22.1 Å². The number of benzene rings is 2. The van der Waals surface area contributed by atoms with E-state index in [1.54, 1.807) is 0 Å². The van der Waals surface area contributed by atoms with Gasteiger partial charge >= 0.3 is 0 Å². The first-order valence-corrected chi connectivity index (χ1v) is 14.4. The van der Waals surface area contributed by atoms with Gasteiger partial charge in [-0.2, -0.15) is 0 Å². The van der Waals surface area contributed by atoms with Crippen molar-refractivity contribution in [3.8, 4) is 5.75 Å². The second-order valence-corrected chi connectivity index (χ2v) is 9.10. The predicted molar refractivity (Wildman–Crippen MR) is 164 cm³/mol. The van der Waals surface area contributed by atoms with Gasteiger partial charge < -0.3 is 31.7 Å². The number of amides is 3.